The average molecular weight is 364 g/mol. The van der Waals surface area contributed by atoms with Gasteiger partial charge in [0.1, 0.15) is 17.6 Å². The van der Waals surface area contributed by atoms with Crippen molar-refractivity contribution in [1.82, 2.24) is 20.3 Å². The predicted molar refractivity (Wildman–Crippen MR) is 99.8 cm³/mol. The van der Waals surface area contributed by atoms with E-state index in [9.17, 15) is 9.50 Å². The zero-order valence-electron chi connectivity index (χ0n) is 14.8. The predicted octanol–water partition coefficient (Wildman–Crippen LogP) is 2.67. The van der Waals surface area contributed by atoms with Crippen LogP contribution in [0.4, 0.5) is 4.39 Å². The van der Waals surface area contributed by atoms with E-state index < -0.39 is 6.10 Å². The fourth-order valence-corrected chi connectivity index (χ4v) is 4.77. The molecule has 2 N–H and O–H groups in total. The van der Waals surface area contributed by atoms with Gasteiger partial charge in [0.15, 0.2) is 0 Å². The molecular weight excluding hydrogens is 343 g/mol. The first-order valence-electron chi connectivity index (χ1n) is 9.36. The lowest BCUT2D eigenvalue weighted by Gasteiger charge is -2.38. The van der Waals surface area contributed by atoms with Gasteiger partial charge in [-0.2, -0.15) is 0 Å². The highest BCUT2D eigenvalue weighted by molar-refractivity contribution is 5.58. The fraction of sp³-hybridized carbons (Fsp3) is 0.333. The summed E-state index contributed by atoms with van der Waals surface area (Å²) in [6, 6.07) is 14.4. The number of hydrogen-bond acceptors (Lipinski definition) is 4. The van der Waals surface area contributed by atoms with E-state index in [4.69, 9.17) is 0 Å². The summed E-state index contributed by atoms with van der Waals surface area (Å²) < 4.78 is 15.8. The molecule has 1 aromatic heterocycles. The van der Waals surface area contributed by atoms with Gasteiger partial charge in [0, 0.05) is 11.0 Å². The first-order valence-corrected chi connectivity index (χ1v) is 9.36. The molecule has 3 aromatic rings. The number of piperidine rings is 1. The average Bonchev–Trinajstić information content (AvgIpc) is 3.26. The molecule has 1 aliphatic heterocycles. The van der Waals surface area contributed by atoms with Crippen LogP contribution in [-0.2, 0) is 5.41 Å². The van der Waals surface area contributed by atoms with Crippen LogP contribution < -0.4 is 5.32 Å². The highest BCUT2D eigenvalue weighted by Crippen LogP contribution is 2.51. The van der Waals surface area contributed by atoms with E-state index in [0.717, 1.165) is 31.5 Å². The van der Waals surface area contributed by atoms with Gasteiger partial charge in [-0.05, 0) is 49.2 Å². The summed E-state index contributed by atoms with van der Waals surface area (Å²) in [4.78, 5) is 0. The number of benzene rings is 2. The highest BCUT2D eigenvalue weighted by atomic mass is 19.1. The molecule has 2 aliphatic rings. The summed E-state index contributed by atoms with van der Waals surface area (Å²) in [5, 5.41) is 23.2. The highest BCUT2D eigenvalue weighted by Gasteiger charge is 2.52. The van der Waals surface area contributed by atoms with Gasteiger partial charge in [0.25, 0.3) is 0 Å². The fourth-order valence-electron chi connectivity index (χ4n) is 4.77. The van der Waals surface area contributed by atoms with Gasteiger partial charge in [-0.15, -0.1) is 5.10 Å². The molecule has 2 aromatic carbocycles. The Bertz CT molecular complexity index is 980. The molecule has 1 aliphatic carbocycles. The van der Waals surface area contributed by atoms with E-state index in [1.807, 2.05) is 12.1 Å². The number of aliphatic hydroxyl groups is 1. The number of aliphatic hydroxyl groups excluding tert-OH is 1. The van der Waals surface area contributed by atoms with Crippen LogP contribution in [0.3, 0.4) is 0 Å². The van der Waals surface area contributed by atoms with Crippen molar-refractivity contribution >= 4 is 0 Å². The van der Waals surface area contributed by atoms with Crippen molar-refractivity contribution < 1.29 is 9.50 Å². The summed E-state index contributed by atoms with van der Waals surface area (Å²) >= 11 is 0. The topological polar surface area (TPSA) is 63.0 Å². The van der Waals surface area contributed by atoms with Crippen LogP contribution in [0.1, 0.15) is 30.0 Å². The number of hydrogen-bond donors (Lipinski definition) is 2. The van der Waals surface area contributed by atoms with E-state index in [2.05, 4.69) is 27.8 Å². The molecule has 2 heterocycles. The van der Waals surface area contributed by atoms with Crippen molar-refractivity contribution in [2.75, 3.05) is 13.1 Å². The number of nitrogens with zero attached hydrogens (tertiary/aromatic N) is 3. The molecule has 5 nitrogen and oxygen atoms in total. The second-order valence-electron chi connectivity index (χ2n) is 7.45. The minimum atomic E-state index is -0.591. The van der Waals surface area contributed by atoms with Crippen molar-refractivity contribution in [3.05, 3.63) is 71.7 Å². The van der Waals surface area contributed by atoms with Gasteiger partial charge in [-0.1, -0.05) is 41.6 Å². The monoisotopic (exact) mass is 364 g/mol. The molecule has 27 heavy (non-hydrogen) atoms. The van der Waals surface area contributed by atoms with Crippen LogP contribution in [0.15, 0.2) is 54.7 Å². The normalized spacial score (nSPS) is 23.5. The molecule has 1 saturated heterocycles. The first kappa shape index (κ1) is 16.6. The van der Waals surface area contributed by atoms with Crippen molar-refractivity contribution in [3.8, 4) is 11.3 Å². The maximum atomic E-state index is 14.1. The van der Waals surface area contributed by atoms with E-state index in [-0.39, 0.29) is 17.3 Å². The molecule has 0 radical (unpaired) electrons. The molecule has 5 rings (SSSR count). The minimum Gasteiger partial charge on any atom is -0.390 e. The van der Waals surface area contributed by atoms with Crippen molar-refractivity contribution in [2.24, 2.45) is 0 Å². The van der Waals surface area contributed by atoms with Crippen molar-refractivity contribution in [1.29, 1.82) is 0 Å². The maximum absolute atomic E-state index is 14.1. The smallest absolute Gasteiger partial charge is 0.132 e. The third kappa shape index (κ3) is 2.44. The Labute approximate surface area is 156 Å². The van der Waals surface area contributed by atoms with Gasteiger partial charge >= 0.3 is 0 Å². The number of fused-ring (bicyclic) bond motifs is 2. The molecule has 0 unspecified atom stereocenters. The largest absolute Gasteiger partial charge is 0.390 e. The van der Waals surface area contributed by atoms with Gasteiger partial charge in [0.2, 0.25) is 0 Å². The number of rotatable bonds is 2. The standard InChI is InChI=1S/C21H21FN4O/c22-17-8-4-2-6-15(17)18-13-26(25-24-18)19-14-5-1-3-7-16(14)21(20(19)27)9-11-23-12-10-21/h1-8,13,19-20,23,27H,9-12H2/t19-,20+/m0/s1. The maximum Gasteiger partial charge on any atom is 0.132 e. The van der Waals surface area contributed by atoms with E-state index >= 15 is 0 Å². The Hall–Kier alpha value is -2.57. The zero-order valence-corrected chi connectivity index (χ0v) is 14.8. The van der Waals surface area contributed by atoms with E-state index in [1.165, 1.54) is 11.6 Å². The summed E-state index contributed by atoms with van der Waals surface area (Å²) in [6.45, 7) is 1.77. The molecule has 0 bridgehead atoms. The van der Waals surface area contributed by atoms with Crippen LogP contribution in [0.25, 0.3) is 11.3 Å². The Kier molecular flexibility index (Phi) is 3.84. The molecule has 2 atom stereocenters. The Morgan fingerprint density at radius 3 is 2.63 bits per heavy atom. The zero-order chi connectivity index (χ0) is 18.4. The van der Waals surface area contributed by atoms with Crippen LogP contribution in [0, 0.1) is 5.82 Å². The number of nitrogens with one attached hydrogen (secondary N) is 1. The lowest BCUT2D eigenvalue weighted by atomic mass is 9.72. The lowest BCUT2D eigenvalue weighted by Crippen LogP contribution is -2.47. The van der Waals surface area contributed by atoms with Crippen LogP contribution in [-0.4, -0.2) is 39.3 Å². The summed E-state index contributed by atoms with van der Waals surface area (Å²) in [6.07, 6.45) is 2.92. The van der Waals surface area contributed by atoms with Crippen molar-refractivity contribution in [3.63, 3.8) is 0 Å². The third-order valence-corrected chi connectivity index (χ3v) is 6.12. The lowest BCUT2D eigenvalue weighted by molar-refractivity contribution is 0.0421. The SMILES string of the molecule is O[C@@H]1[C@@H](n2cc(-c3ccccc3F)nn2)c2ccccc2C12CCNCC2. The van der Waals surface area contributed by atoms with Crippen LogP contribution in [0.2, 0.25) is 0 Å². The van der Waals surface area contributed by atoms with Gasteiger partial charge < -0.3 is 10.4 Å². The number of aromatic nitrogens is 3. The molecular formula is C21H21FN4O. The molecule has 1 spiro atoms. The van der Waals surface area contributed by atoms with E-state index in [1.54, 1.807) is 29.1 Å². The van der Waals surface area contributed by atoms with E-state index in [0.29, 0.717) is 11.3 Å². The van der Waals surface area contributed by atoms with Gasteiger partial charge in [-0.3, -0.25) is 0 Å². The second-order valence-corrected chi connectivity index (χ2v) is 7.45. The Morgan fingerprint density at radius 1 is 1.07 bits per heavy atom. The minimum absolute atomic E-state index is 0.267. The second kappa shape index (κ2) is 6.25. The molecule has 0 amide bonds. The third-order valence-electron chi connectivity index (χ3n) is 6.12. The van der Waals surface area contributed by atoms with Crippen molar-refractivity contribution in [2.45, 2.75) is 30.4 Å². The number of halogens is 1. The van der Waals surface area contributed by atoms with Gasteiger partial charge in [-0.25, -0.2) is 9.07 Å². The Morgan fingerprint density at radius 2 is 1.81 bits per heavy atom. The summed E-state index contributed by atoms with van der Waals surface area (Å²) in [5.41, 5.74) is 2.91. The quantitative estimate of drug-likeness (QED) is 0.734. The molecule has 0 saturated carbocycles. The van der Waals surface area contributed by atoms with Crippen LogP contribution in [0.5, 0.6) is 0 Å². The van der Waals surface area contributed by atoms with Gasteiger partial charge in [0.05, 0.1) is 12.3 Å². The molecule has 1 fully saturated rings. The summed E-state index contributed by atoms with van der Waals surface area (Å²) in [7, 11) is 0. The summed E-state index contributed by atoms with van der Waals surface area (Å²) in [5.74, 6) is -0.327. The molecule has 138 valence electrons. The molecule has 6 heteroatoms. The Balaban J connectivity index is 1.59. The van der Waals surface area contributed by atoms with Crippen LogP contribution >= 0.6 is 0 Å². The first-order chi connectivity index (χ1) is 13.2.